The van der Waals surface area contributed by atoms with Crippen LogP contribution in [0.5, 0.6) is 0 Å². The zero-order valence-electron chi connectivity index (χ0n) is 12.7. The maximum atomic E-state index is 13.3. The molecule has 1 aliphatic rings. The summed E-state index contributed by atoms with van der Waals surface area (Å²) in [6.45, 7) is 4.25. The number of rotatable bonds is 8. The summed E-state index contributed by atoms with van der Waals surface area (Å²) in [5.74, 6) is -0.964. The molecule has 0 aromatic heterocycles. The third-order valence-electron chi connectivity index (χ3n) is 4.27. The molecule has 2 unspecified atom stereocenters. The molecular weight excluding hydrogens is 274 g/mol. The largest absolute Gasteiger partial charge is 0.383 e. The van der Waals surface area contributed by atoms with E-state index >= 15 is 0 Å². The Bertz CT molecular complexity index is 466. The summed E-state index contributed by atoms with van der Waals surface area (Å²) in [7, 11) is 1.68. The Morgan fingerprint density at radius 2 is 2.05 bits per heavy atom. The van der Waals surface area contributed by atoms with Crippen molar-refractivity contribution in [3.8, 4) is 0 Å². The Morgan fingerprint density at radius 1 is 1.33 bits per heavy atom. The average Bonchev–Trinajstić information content (AvgIpc) is 3.30. The molecule has 0 amide bonds. The summed E-state index contributed by atoms with van der Waals surface area (Å²) in [5.41, 5.74) is 6.80. The van der Waals surface area contributed by atoms with E-state index < -0.39 is 11.6 Å². The van der Waals surface area contributed by atoms with E-state index in [0.29, 0.717) is 24.8 Å². The van der Waals surface area contributed by atoms with Crippen LogP contribution in [-0.2, 0) is 4.74 Å². The second kappa shape index (κ2) is 7.29. The molecule has 1 fully saturated rings. The zero-order valence-corrected chi connectivity index (χ0v) is 12.7. The summed E-state index contributed by atoms with van der Waals surface area (Å²) < 4.78 is 31.5. The van der Waals surface area contributed by atoms with E-state index in [1.807, 2.05) is 0 Å². The van der Waals surface area contributed by atoms with Crippen molar-refractivity contribution in [2.75, 3.05) is 26.8 Å². The fourth-order valence-corrected chi connectivity index (χ4v) is 2.65. The lowest BCUT2D eigenvalue weighted by Crippen LogP contribution is -2.41. The monoisotopic (exact) mass is 298 g/mol. The van der Waals surface area contributed by atoms with E-state index in [-0.39, 0.29) is 6.04 Å². The van der Waals surface area contributed by atoms with Gasteiger partial charge in [-0.1, -0.05) is 6.07 Å². The second-order valence-electron chi connectivity index (χ2n) is 5.85. The van der Waals surface area contributed by atoms with Gasteiger partial charge in [0.15, 0.2) is 11.6 Å². The van der Waals surface area contributed by atoms with Crippen LogP contribution in [0.15, 0.2) is 18.2 Å². The molecule has 0 aliphatic heterocycles. The number of methoxy groups -OCH3 is 1. The highest BCUT2D eigenvalue weighted by molar-refractivity contribution is 5.21. The van der Waals surface area contributed by atoms with Crippen molar-refractivity contribution in [3.63, 3.8) is 0 Å². The molecule has 2 N–H and O–H groups in total. The van der Waals surface area contributed by atoms with Crippen LogP contribution < -0.4 is 5.73 Å². The lowest BCUT2D eigenvalue weighted by molar-refractivity contribution is 0.112. The molecule has 5 heteroatoms. The topological polar surface area (TPSA) is 38.5 Å². The van der Waals surface area contributed by atoms with Crippen LogP contribution in [-0.4, -0.2) is 37.7 Å². The van der Waals surface area contributed by atoms with E-state index in [9.17, 15) is 8.78 Å². The van der Waals surface area contributed by atoms with Gasteiger partial charge in [0.05, 0.1) is 6.61 Å². The minimum atomic E-state index is -0.846. The third kappa shape index (κ3) is 4.46. The number of nitrogens with zero attached hydrogens (tertiary/aromatic N) is 1. The maximum Gasteiger partial charge on any atom is 0.159 e. The van der Waals surface area contributed by atoms with Crippen molar-refractivity contribution in [1.29, 1.82) is 0 Å². The van der Waals surface area contributed by atoms with Crippen molar-refractivity contribution in [3.05, 3.63) is 35.4 Å². The molecule has 0 spiro atoms. The van der Waals surface area contributed by atoms with Crippen molar-refractivity contribution in [2.45, 2.75) is 31.8 Å². The van der Waals surface area contributed by atoms with Crippen molar-refractivity contribution in [2.24, 2.45) is 11.7 Å². The number of benzene rings is 1. The quantitative estimate of drug-likeness (QED) is 0.802. The average molecular weight is 298 g/mol. The lowest BCUT2D eigenvalue weighted by Gasteiger charge is -2.31. The van der Waals surface area contributed by atoms with E-state index in [2.05, 4.69) is 11.8 Å². The fourth-order valence-electron chi connectivity index (χ4n) is 2.65. The van der Waals surface area contributed by atoms with Gasteiger partial charge in [0.2, 0.25) is 0 Å². The normalized spacial score (nSPS) is 18.0. The predicted octanol–water partition coefficient (Wildman–Crippen LogP) is 2.71. The summed E-state index contributed by atoms with van der Waals surface area (Å²) in [6, 6.07) is 3.99. The Morgan fingerprint density at radius 3 is 2.62 bits per heavy atom. The van der Waals surface area contributed by atoms with Crippen LogP contribution in [0.1, 0.15) is 31.4 Å². The highest BCUT2D eigenvalue weighted by Crippen LogP contribution is 2.35. The molecule has 1 saturated carbocycles. The highest BCUT2D eigenvalue weighted by atomic mass is 19.2. The van der Waals surface area contributed by atoms with Crippen LogP contribution in [0.2, 0.25) is 0 Å². The predicted molar refractivity (Wildman–Crippen MR) is 78.9 cm³/mol. The van der Waals surface area contributed by atoms with E-state index in [0.717, 1.165) is 18.5 Å². The molecule has 1 aliphatic carbocycles. The standard InChI is InChI=1S/C16H24F2N2O/c1-11(12-3-4-12)20(7-8-21-2)10-16(19)13-5-6-14(17)15(18)9-13/h5-6,9,11-12,16H,3-4,7-8,10,19H2,1-2H3. The zero-order chi connectivity index (χ0) is 15.4. The number of nitrogens with two attached hydrogens (primary N) is 1. The van der Waals surface area contributed by atoms with Gasteiger partial charge in [-0.15, -0.1) is 0 Å². The lowest BCUT2D eigenvalue weighted by atomic mass is 10.1. The Labute approximate surface area is 125 Å². The number of hydrogen-bond acceptors (Lipinski definition) is 3. The summed E-state index contributed by atoms with van der Waals surface area (Å²) >= 11 is 0. The van der Waals surface area contributed by atoms with Crippen LogP contribution in [0.25, 0.3) is 0 Å². The Hall–Kier alpha value is -1.04. The molecule has 3 nitrogen and oxygen atoms in total. The smallest absolute Gasteiger partial charge is 0.159 e. The molecule has 0 bridgehead atoms. The van der Waals surface area contributed by atoms with Gasteiger partial charge in [0.1, 0.15) is 0 Å². The number of ether oxygens (including phenoxy) is 1. The third-order valence-corrected chi connectivity index (χ3v) is 4.27. The highest BCUT2D eigenvalue weighted by Gasteiger charge is 2.32. The van der Waals surface area contributed by atoms with Crippen LogP contribution >= 0.6 is 0 Å². The molecule has 1 aromatic rings. The molecule has 0 heterocycles. The van der Waals surface area contributed by atoms with Gasteiger partial charge in [-0.3, -0.25) is 4.90 Å². The minimum absolute atomic E-state index is 0.335. The Kier molecular flexibility index (Phi) is 5.67. The summed E-state index contributed by atoms with van der Waals surface area (Å²) in [5, 5.41) is 0. The van der Waals surface area contributed by atoms with Crippen LogP contribution in [0.3, 0.4) is 0 Å². The first-order chi connectivity index (χ1) is 10.0. The number of hydrogen-bond donors (Lipinski definition) is 1. The van der Waals surface area contributed by atoms with Crippen LogP contribution in [0.4, 0.5) is 8.78 Å². The van der Waals surface area contributed by atoms with Crippen molar-refractivity contribution in [1.82, 2.24) is 4.90 Å². The van der Waals surface area contributed by atoms with Gasteiger partial charge in [0, 0.05) is 32.3 Å². The molecule has 21 heavy (non-hydrogen) atoms. The first-order valence-corrected chi connectivity index (χ1v) is 7.46. The Balaban J connectivity index is 2.01. The first-order valence-electron chi connectivity index (χ1n) is 7.46. The van der Waals surface area contributed by atoms with Gasteiger partial charge < -0.3 is 10.5 Å². The van der Waals surface area contributed by atoms with Gasteiger partial charge in [-0.25, -0.2) is 8.78 Å². The SMILES string of the molecule is COCCN(CC(N)c1ccc(F)c(F)c1)C(C)C1CC1. The number of halogens is 2. The molecular formula is C16H24F2N2O. The van der Waals surface area contributed by atoms with Gasteiger partial charge in [-0.2, -0.15) is 0 Å². The van der Waals surface area contributed by atoms with E-state index in [4.69, 9.17) is 10.5 Å². The minimum Gasteiger partial charge on any atom is -0.383 e. The summed E-state index contributed by atoms with van der Waals surface area (Å²) in [6.07, 6.45) is 2.51. The molecule has 0 saturated heterocycles. The first kappa shape index (κ1) is 16.3. The van der Waals surface area contributed by atoms with Gasteiger partial charge >= 0.3 is 0 Å². The van der Waals surface area contributed by atoms with Crippen molar-refractivity contribution < 1.29 is 13.5 Å². The van der Waals surface area contributed by atoms with Crippen molar-refractivity contribution >= 4 is 0 Å². The summed E-state index contributed by atoms with van der Waals surface area (Å²) in [4.78, 5) is 2.28. The fraction of sp³-hybridized carbons (Fsp3) is 0.625. The molecule has 118 valence electrons. The molecule has 2 rings (SSSR count). The van der Waals surface area contributed by atoms with Crippen LogP contribution in [0, 0.1) is 17.6 Å². The van der Waals surface area contributed by atoms with Gasteiger partial charge in [0.25, 0.3) is 0 Å². The van der Waals surface area contributed by atoms with E-state index in [1.165, 1.54) is 18.9 Å². The maximum absolute atomic E-state index is 13.3. The molecule has 1 aromatic carbocycles. The molecule has 2 atom stereocenters. The molecule has 0 radical (unpaired) electrons. The second-order valence-corrected chi connectivity index (χ2v) is 5.85. The van der Waals surface area contributed by atoms with Gasteiger partial charge in [-0.05, 0) is 43.4 Å². The van der Waals surface area contributed by atoms with E-state index in [1.54, 1.807) is 13.2 Å².